The summed E-state index contributed by atoms with van der Waals surface area (Å²) in [5.41, 5.74) is 2.74. The zero-order chi connectivity index (χ0) is 21.8. The number of carbonyl (C=O) groups is 1. The first-order valence-electron chi connectivity index (χ1n) is 9.27. The van der Waals surface area contributed by atoms with Crippen molar-refractivity contribution in [1.82, 2.24) is 9.97 Å². The average molecular weight is 415 g/mol. The lowest BCUT2D eigenvalue weighted by Gasteiger charge is -2.10. The Hall–Kier alpha value is -4.51. The van der Waals surface area contributed by atoms with Gasteiger partial charge in [-0.3, -0.25) is 0 Å². The summed E-state index contributed by atoms with van der Waals surface area (Å²) in [5.74, 6) is 0.476. The molecule has 31 heavy (non-hydrogen) atoms. The van der Waals surface area contributed by atoms with E-state index in [0.29, 0.717) is 28.7 Å². The van der Waals surface area contributed by atoms with E-state index in [1.807, 2.05) is 24.3 Å². The van der Waals surface area contributed by atoms with Crippen molar-refractivity contribution in [2.45, 2.75) is 6.61 Å². The maximum Gasteiger partial charge on any atom is 0.371 e. The number of aromatic nitrogens is 2. The largest absolute Gasteiger partial charge is 0.493 e. The number of ether oxygens (including phenoxy) is 2. The van der Waals surface area contributed by atoms with E-state index >= 15 is 0 Å². The second-order valence-electron chi connectivity index (χ2n) is 6.54. The van der Waals surface area contributed by atoms with Crippen LogP contribution in [0, 0.1) is 11.3 Å². The van der Waals surface area contributed by atoms with Gasteiger partial charge in [0.1, 0.15) is 24.3 Å². The molecule has 4 aromatic rings. The minimum Gasteiger partial charge on any atom is -0.493 e. The highest BCUT2D eigenvalue weighted by atomic mass is 16.5. The van der Waals surface area contributed by atoms with Crippen LogP contribution in [-0.2, 0) is 6.61 Å². The molecule has 0 atom stereocenters. The number of nitrogens with one attached hydrogen (secondary N) is 1. The highest BCUT2D eigenvalue weighted by molar-refractivity contribution is 5.90. The second kappa shape index (κ2) is 8.47. The molecule has 0 aliphatic heterocycles. The zero-order valence-corrected chi connectivity index (χ0v) is 16.5. The van der Waals surface area contributed by atoms with E-state index in [1.165, 1.54) is 13.2 Å². The van der Waals surface area contributed by atoms with Gasteiger partial charge in [0, 0.05) is 0 Å². The molecular formula is C23H17N3O5. The van der Waals surface area contributed by atoms with Crippen LogP contribution in [0.15, 0.2) is 59.0 Å². The van der Waals surface area contributed by atoms with Crippen molar-refractivity contribution in [1.29, 1.82) is 5.26 Å². The number of furan rings is 1. The number of para-hydroxylation sites is 2. The number of aromatic carboxylic acids is 1. The third-order valence-corrected chi connectivity index (χ3v) is 4.51. The van der Waals surface area contributed by atoms with Gasteiger partial charge in [-0.05, 0) is 48.0 Å². The summed E-state index contributed by atoms with van der Waals surface area (Å²) < 4.78 is 16.3. The number of carboxylic acids is 1. The summed E-state index contributed by atoms with van der Waals surface area (Å²) in [6, 6.07) is 17.9. The number of imidazole rings is 1. The SMILES string of the molecule is COc1cc(/C=C(/C#N)c2nc3ccccc3[nH]2)ccc1OCc1ccc(C(=O)O)o1. The standard InChI is InChI=1S/C23H17N3O5/c1-29-21-11-14(6-8-19(21)30-13-16-7-9-20(31-16)23(27)28)10-15(12-24)22-25-17-4-2-3-5-18(17)26-22/h2-11H,13H2,1H3,(H,25,26)(H,27,28)/b15-10-. The summed E-state index contributed by atoms with van der Waals surface area (Å²) in [7, 11) is 1.51. The first kappa shape index (κ1) is 19.8. The Labute approximate surface area is 177 Å². The molecule has 8 heteroatoms. The molecule has 0 aliphatic carbocycles. The summed E-state index contributed by atoms with van der Waals surface area (Å²) in [4.78, 5) is 18.5. The number of carboxylic acid groups (broad SMARTS) is 1. The van der Waals surface area contributed by atoms with Crippen LogP contribution < -0.4 is 9.47 Å². The Bertz CT molecular complexity index is 1290. The molecular weight excluding hydrogens is 398 g/mol. The van der Waals surface area contributed by atoms with Gasteiger partial charge in [-0.25, -0.2) is 9.78 Å². The Morgan fingerprint density at radius 2 is 2.06 bits per heavy atom. The van der Waals surface area contributed by atoms with E-state index in [4.69, 9.17) is 19.0 Å². The maximum atomic E-state index is 10.9. The number of fused-ring (bicyclic) bond motifs is 1. The van der Waals surface area contributed by atoms with Gasteiger partial charge in [0.15, 0.2) is 11.5 Å². The van der Waals surface area contributed by atoms with Gasteiger partial charge in [0.25, 0.3) is 0 Å². The first-order valence-corrected chi connectivity index (χ1v) is 9.27. The van der Waals surface area contributed by atoms with Crippen LogP contribution in [-0.4, -0.2) is 28.2 Å². The molecule has 0 bridgehead atoms. The van der Waals surface area contributed by atoms with Gasteiger partial charge in [0.2, 0.25) is 5.76 Å². The first-order chi connectivity index (χ1) is 15.1. The van der Waals surface area contributed by atoms with Crippen molar-refractivity contribution >= 4 is 28.7 Å². The van der Waals surface area contributed by atoms with Crippen molar-refractivity contribution in [3.05, 3.63) is 77.5 Å². The van der Waals surface area contributed by atoms with Crippen molar-refractivity contribution in [3.8, 4) is 17.6 Å². The predicted octanol–water partition coefficient (Wildman–Crippen LogP) is 4.51. The van der Waals surface area contributed by atoms with Gasteiger partial charge in [-0.2, -0.15) is 5.26 Å². The lowest BCUT2D eigenvalue weighted by atomic mass is 10.1. The molecule has 0 unspecified atom stereocenters. The number of hydrogen-bond donors (Lipinski definition) is 2. The molecule has 4 rings (SSSR count). The van der Waals surface area contributed by atoms with Crippen LogP contribution in [0.4, 0.5) is 0 Å². The van der Waals surface area contributed by atoms with Gasteiger partial charge < -0.3 is 24.0 Å². The Morgan fingerprint density at radius 3 is 2.77 bits per heavy atom. The normalized spacial score (nSPS) is 11.3. The number of methoxy groups -OCH3 is 1. The number of hydrogen-bond acceptors (Lipinski definition) is 6. The van der Waals surface area contributed by atoms with Gasteiger partial charge in [0.05, 0.1) is 23.7 Å². The number of rotatable bonds is 7. The number of aromatic amines is 1. The van der Waals surface area contributed by atoms with Crippen molar-refractivity contribution in [2.24, 2.45) is 0 Å². The Balaban J connectivity index is 1.56. The van der Waals surface area contributed by atoms with Crippen molar-refractivity contribution in [2.75, 3.05) is 7.11 Å². The highest BCUT2D eigenvalue weighted by Gasteiger charge is 2.12. The van der Waals surface area contributed by atoms with E-state index < -0.39 is 5.97 Å². The number of allylic oxidation sites excluding steroid dienone is 1. The highest BCUT2D eigenvalue weighted by Crippen LogP contribution is 2.30. The average Bonchev–Trinajstić information content (AvgIpc) is 3.43. The van der Waals surface area contributed by atoms with Gasteiger partial charge in [-0.1, -0.05) is 18.2 Å². The molecule has 0 saturated carbocycles. The van der Waals surface area contributed by atoms with Crippen LogP contribution in [0.25, 0.3) is 22.7 Å². The second-order valence-corrected chi connectivity index (χ2v) is 6.54. The molecule has 154 valence electrons. The number of nitriles is 1. The van der Waals surface area contributed by atoms with E-state index in [2.05, 4.69) is 16.0 Å². The van der Waals surface area contributed by atoms with E-state index in [1.54, 1.807) is 30.3 Å². The molecule has 2 heterocycles. The Kier molecular flexibility index (Phi) is 5.41. The van der Waals surface area contributed by atoms with E-state index in [0.717, 1.165) is 16.6 Å². The van der Waals surface area contributed by atoms with Gasteiger partial charge in [-0.15, -0.1) is 0 Å². The molecule has 0 spiro atoms. The third-order valence-electron chi connectivity index (χ3n) is 4.51. The number of H-pyrrole nitrogens is 1. The molecule has 2 aromatic heterocycles. The fraction of sp³-hybridized carbons (Fsp3) is 0.0870. The summed E-state index contributed by atoms with van der Waals surface area (Å²) >= 11 is 0. The Morgan fingerprint density at radius 1 is 1.23 bits per heavy atom. The van der Waals surface area contributed by atoms with Crippen LogP contribution in [0.5, 0.6) is 11.5 Å². The van der Waals surface area contributed by atoms with Crippen LogP contribution in [0.1, 0.15) is 27.7 Å². The summed E-state index contributed by atoms with van der Waals surface area (Å²) in [5, 5.41) is 18.5. The fourth-order valence-electron chi connectivity index (χ4n) is 3.01. The smallest absolute Gasteiger partial charge is 0.371 e. The van der Waals surface area contributed by atoms with Crippen LogP contribution in [0.3, 0.4) is 0 Å². The zero-order valence-electron chi connectivity index (χ0n) is 16.5. The lowest BCUT2D eigenvalue weighted by Crippen LogP contribution is -1.97. The topological polar surface area (TPSA) is 121 Å². The molecule has 0 saturated heterocycles. The number of benzene rings is 2. The van der Waals surface area contributed by atoms with Crippen molar-refractivity contribution in [3.63, 3.8) is 0 Å². The van der Waals surface area contributed by atoms with E-state index in [9.17, 15) is 10.1 Å². The molecule has 0 radical (unpaired) electrons. The minimum atomic E-state index is -1.14. The minimum absolute atomic E-state index is 0.0429. The molecule has 0 amide bonds. The van der Waals surface area contributed by atoms with Crippen LogP contribution in [0.2, 0.25) is 0 Å². The number of nitrogens with zero attached hydrogens (tertiary/aromatic N) is 2. The maximum absolute atomic E-state index is 10.9. The fourth-order valence-corrected chi connectivity index (χ4v) is 3.01. The lowest BCUT2D eigenvalue weighted by molar-refractivity contribution is 0.0658. The van der Waals surface area contributed by atoms with E-state index in [-0.39, 0.29) is 12.4 Å². The monoisotopic (exact) mass is 415 g/mol. The van der Waals surface area contributed by atoms with Crippen molar-refractivity contribution < 1.29 is 23.8 Å². The third kappa shape index (κ3) is 4.26. The summed E-state index contributed by atoms with van der Waals surface area (Å²) in [6.45, 7) is 0.0429. The molecule has 8 nitrogen and oxygen atoms in total. The molecule has 2 aromatic carbocycles. The van der Waals surface area contributed by atoms with Crippen LogP contribution >= 0.6 is 0 Å². The molecule has 0 aliphatic rings. The quantitative estimate of drug-likeness (QED) is 0.426. The molecule has 2 N–H and O–H groups in total. The molecule has 0 fully saturated rings. The summed E-state index contributed by atoms with van der Waals surface area (Å²) in [6.07, 6.45) is 1.70. The predicted molar refractivity (Wildman–Crippen MR) is 113 cm³/mol. The van der Waals surface area contributed by atoms with Gasteiger partial charge >= 0.3 is 5.97 Å².